The summed E-state index contributed by atoms with van der Waals surface area (Å²) in [6, 6.07) is 7.85. The van der Waals surface area contributed by atoms with Crippen LogP contribution >= 0.6 is 0 Å². The molecule has 0 saturated heterocycles. The van der Waals surface area contributed by atoms with Crippen LogP contribution in [0.25, 0.3) is 17.2 Å². The van der Waals surface area contributed by atoms with Crippen LogP contribution in [0.5, 0.6) is 0 Å². The summed E-state index contributed by atoms with van der Waals surface area (Å²) in [5, 5.41) is 0. The lowest BCUT2D eigenvalue weighted by molar-refractivity contribution is -0.119. The fourth-order valence-corrected chi connectivity index (χ4v) is 4.42. The molecule has 1 N–H and O–H groups in total. The Hall–Kier alpha value is -2.47. The number of allylic oxidation sites excluding steroid dienone is 1. The SMILES string of the molecule is CCc1cc(-c2cc(CC(=O)C3CC3)nc3c2C=CC3)ccc1NS(=O)(=O)CC. The topological polar surface area (TPSA) is 76.1 Å². The number of carbonyl (C=O) groups is 1. The van der Waals surface area contributed by atoms with Crippen LogP contribution in [0.3, 0.4) is 0 Å². The molecule has 1 fully saturated rings. The molecular formula is C23H26N2O3S. The van der Waals surface area contributed by atoms with E-state index in [0.29, 0.717) is 18.5 Å². The van der Waals surface area contributed by atoms with Gasteiger partial charge < -0.3 is 0 Å². The van der Waals surface area contributed by atoms with Crippen LogP contribution < -0.4 is 4.72 Å². The van der Waals surface area contributed by atoms with Gasteiger partial charge in [0.05, 0.1) is 17.1 Å². The van der Waals surface area contributed by atoms with Crippen LogP contribution in [-0.2, 0) is 34.1 Å². The smallest absolute Gasteiger partial charge is 0.232 e. The fraction of sp³-hybridized carbons (Fsp3) is 0.391. The maximum atomic E-state index is 12.3. The van der Waals surface area contributed by atoms with Crippen LogP contribution in [0.15, 0.2) is 30.3 Å². The van der Waals surface area contributed by atoms with Crippen LogP contribution in [-0.4, -0.2) is 24.9 Å². The zero-order chi connectivity index (χ0) is 20.6. The molecule has 0 radical (unpaired) electrons. The highest BCUT2D eigenvalue weighted by Gasteiger charge is 2.30. The summed E-state index contributed by atoms with van der Waals surface area (Å²) in [7, 11) is -3.32. The van der Waals surface area contributed by atoms with Crippen LogP contribution in [0.1, 0.15) is 49.2 Å². The number of nitrogens with one attached hydrogen (secondary N) is 1. The maximum Gasteiger partial charge on any atom is 0.232 e. The van der Waals surface area contributed by atoms with Gasteiger partial charge >= 0.3 is 0 Å². The fourth-order valence-electron chi connectivity index (χ4n) is 3.75. The van der Waals surface area contributed by atoms with Crippen molar-refractivity contribution >= 4 is 27.6 Å². The number of hydrogen-bond acceptors (Lipinski definition) is 4. The first-order valence-electron chi connectivity index (χ1n) is 10.3. The average Bonchev–Trinajstić information content (AvgIpc) is 3.46. The van der Waals surface area contributed by atoms with Gasteiger partial charge in [0, 0.05) is 30.0 Å². The summed E-state index contributed by atoms with van der Waals surface area (Å²) >= 11 is 0. The third-order valence-corrected chi connectivity index (χ3v) is 6.91. The highest BCUT2D eigenvalue weighted by Crippen LogP contribution is 2.35. The lowest BCUT2D eigenvalue weighted by atomic mass is 9.95. The number of rotatable bonds is 8. The summed E-state index contributed by atoms with van der Waals surface area (Å²) < 4.78 is 26.7. The molecule has 152 valence electrons. The molecule has 1 aromatic heterocycles. The van der Waals surface area contributed by atoms with Gasteiger partial charge in [-0.05, 0) is 61.1 Å². The van der Waals surface area contributed by atoms with E-state index in [1.165, 1.54) is 0 Å². The molecule has 2 aliphatic rings. The van der Waals surface area contributed by atoms with Gasteiger partial charge in [-0.3, -0.25) is 14.5 Å². The van der Waals surface area contributed by atoms with Gasteiger partial charge in [-0.15, -0.1) is 0 Å². The lowest BCUT2D eigenvalue weighted by Crippen LogP contribution is -2.15. The van der Waals surface area contributed by atoms with Crippen molar-refractivity contribution < 1.29 is 13.2 Å². The van der Waals surface area contributed by atoms with Crippen LogP contribution in [0.4, 0.5) is 5.69 Å². The molecule has 4 rings (SSSR count). The van der Waals surface area contributed by atoms with Crippen molar-refractivity contribution in [1.29, 1.82) is 0 Å². The van der Waals surface area contributed by atoms with Crippen molar-refractivity contribution in [3.05, 3.63) is 52.9 Å². The monoisotopic (exact) mass is 410 g/mol. The molecule has 0 spiro atoms. The summed E-state index contributed by atoms with van der Waals surface area (Å²) in [6.07, 6.45) is 8.08. The Labute approximate surface area is 172 Å². The number of aromatic nitrogens is 1. The third-order valence-electron chi connectivity index (χ3n) is 5.62. The van der Waals surface area contributed by atoms with E-state index in [1.54, 1.807) is 6.92 Å². The first kappa shape index (κ1) is 19.8. The molecule has 0 aliphatic heterocycles. The Kier molecular flexibility index (Phi) is 5.30. The average molecular weight is 411 g/mol. The molecule has 0 amide bonds. The van der Waals surface area contributed by atoms with Gasteiger partial charge in [0.25, 0.3) is 0 Å². The standard InChI is InChI=1S/C23H26N2O3S/c1-3-15-12-17(10-11-21(15)25-29(27,28)4-2)20-13-18(14-23(26)16-8-9-16)24-22-7-5-6-19(20)22/h5-6,10-13,16,25H,3-4,7-9,14H2,1-2H3. The third kappa shape index (κ3) is 4.27. The van der Waals surface area contributed by atoms with Crippen molar-refractivity contribution in [1.82, 2.24) is 4.98 Å². The second-order valence-corrected chi connectivity index (χ2v) is 9.79. The van der Waals surface area contributed by atoms with Crippen LogP contribution in [0.2, 0.25) is 0 Å². The number of hydrogen-bond donors (Lipinski definition) is 1. The summed E-state index contributed by atoms with van der Waals surface area (Å²) in [5.74, 6) is 0.552. The molecular weight excluding hydrogens is 384 g/mol. The molecule has 29 heavy (non-hydrogen) atoms. The first-order chi connectivity index (χ1) is 13.9. The quantitative estimate of drug-likeness (QED) is 0.709. The summed E-state index contributed by atoms with van der Waals surface area (Å²) in [6.45, 7) is 3.64. The molecule has 0 unspecified atom stereocenters. The zero-order valence-electron chi connectivity index (χ0n) is 16.9. The molecule has 1 aromatic carbocycles. The summed E-state index contributed by atoms with van der Waals surface area (Å²) in [4.78, 5) is 17.0. The number of ketones is 1. The van der Waals surface area contributed by atoms with E-state index >= 15 is 0 Å². The van der Waals surface area contributed by atoms with Crippen molar-refractivity contribution in [3.8, 4) is 11.1 Å². The molecule has 1 heterocycles. The molecule has 2 aromatic rings. The Morgan fingerprint density at radius 1 is 1.21 bits per heavy atom. The van der Waals surface area contributed by atoms with Gasteiger partial charge in [-0.25, -0.2) is 8.42 Å². The largest absolute Gasteiger partial charge is 0.299 e. The van der Waals surface area contributed by atoms with E-state index in [0.717, 1.165) is 52.9 Å². The van der Waals surface area contributed by atoms with E-state index in [1.807, 2.05) is 31.2 Å². The Morgan fingerprint density at radius 2 is 2.00 bits per heavy atom. The minimum absolute atomic E-state index is 0.0406. The number of aryl methyl sites for hydroxylation is 1. The molecule has 1 saturated carbocycles. The van der Waals surface area contributed by atoms with E-state index in [9.17, 15) is 13.2 Å². The van der Waals surface area contributed by atoms with E-state index in [-0.39, 0.29) is 17.5 Å². The van der Waals surface area contributed by atoms with Gasteiger partial charge in [-0.2, -0.15) is 0 Å². The molecule has 2 aliphatic carbocycles. The van der Waals surface area contributed by atoms with E-state index < -0.39 is 10.0 Å². The number of pyridine rings is 1. The highest BCUT2D eigenvalue weighted by atomic mass is 32.2. The minimum atomic E-state index is -3.32. The molecule has 5 nitrogen and oxygen atoms in total. The number of carbonyl (C=O) groups excluding carboxylic acids is 1. The Morgan fingerprint density at radius 3 is 2.69 bits per heavy atom. The summed E-state index contributed by atoms with van der Waals surface area (Å²) in [5.41, 5.74) is 6.58. The normalized spacial score (nSPS) is 15.4. The van der Waals surface area contributed by atoms with Gasteiger partial charge in [0.15, 0.2) is 0 Å². The number of anilines is 1. The number of benzene rings is 1. The van der Waals surface area contributed by atoms with Gasteiger partial charge in [0.2, 0.25) is 10.0 Å². The lowest BCUT2D eigenvalue weighted by Gasteiger charge is -2.15. The van der Waals surface area contributed by atoms with Crippen molar-refractivity contribution in [2.45, 2.75) is 46.0 Å². The number of sulfonamides is 1. The highest BCUT2D eigenvalue weighted by molar-refractivity contribution is 7.92. The second kappa shape index (κ2) is 7.75. The zero-order valence-corrected chi connectivity index (χ0v) is 17.7. The van der Waals surface area contributed by atoms with Crippen molar-refractivity contribution in [2.75, 3.05) is 10.5 Å². The number of fused-ring (bicyclic) bond motifs is 1. The van der Waals surface area contributed by atoms with E-state index in [2.05, 4.69) is 16.9 Å². The van der Waals surface area contributed by atoms with Crippen LogP contribution in [0, 0.1) is 5.92 Å². The maximum absolute atomic E-state index is 12.3. The molecule has 0 atom stereocenters. The minimum Gasteiger partial charge on any atom is -0.299 e. The number of nitrogens with zero attached hydrogens (tertiary/aromatic N) is 1. The molecule has 6 heteroatoms. The second-order valence-electron chi connectivity index (χ2n) is 7.78. The Bertz CT molecular complexity index is 1100. The van der Waals surface area contributed by atoms with Gasteiger partial charge in [-0.1, -0.05) is 25.1 Å². The Balaban J connectivity index is 1.72. The van der Waals surface area contributed by atoms with E-state index in [4.69, 9.17) is 4.98 Å². The number of Topliss-reactive ketones (excluding diaryl/α,β-unsaturated/α-hetero) is 1. The first-order valence-corrected chi connectivity index (χ1v) is 11.9. The predicted octanol–water partition coefficient (Wildman–Crippen LogP) is 4.16. The van der Waals surface area contributed by atoms with Crippen molar-refractivity contribution in [2.24, 2.45) is 5.92 Å². The predicted molar refractivity (Wildman–Crippen MR) is 116 cm³/mol. The van der Waals surface area contributed by atoms with Gasteiger partial charge in [0.1, 0.15) is 5.78 Å². The van der Waals surface area contributed by atoms with Crippen molar-refractivity contribution in [3.63, 3.8) is 0 Å². The molecule has 0 bridgehead atoms.